The highest BCUT2D eigenvalue weighted by Crippen LogP contribution is 2.30. The number of nitrogens with one attached hydrogen (secondary N) is 1. The minimum Gasteiger partial charge on any atom is -0.353 e. The fraction of sp³-hybridized carbons (Fsp3) is 0.455. The molecule has 0 atom stereocenters. The number of thiophene rings is 1. The maximum absolute atomic E-state index is 13.3. The summed E-state index contributed by atoms with van der Waals surface area (Å²) in [7, 11) is 0. The van der Waals surface area contributed by atoms with E-state index in [1.807, 2.05) is 46.7 Å². The molecule has 8 nitrogen and oxygen atoms in total. The molecule has 0 bridgehead atoms. The second-order valence-corrected chi connectivity index (χ2v) is 9.89. The Morgan fingerprint density at radius 3 is 2.71 bits per heavy atom. The van der Waals surface area contributed by atoms with Crippen molar-refractivity contribution in [3.05, 3.63) is 40.7 Å². The summed E-state index contributed by atoms with van der Waals surface area (Å²) in [5, 5.41) is 15.3. The van der Waals surface area contributed by atoms with E-state index in [0.29, 0.717) is 25.3 Å². The van der Waals surface area contributed by atoms with Gasteiger partial charge < -0.3 is 9.88 Å². The van der Waals surface area contributed by atoms with E-state index in [1.165, 1.54) is 5.01 Å². The SMILES string of the molecule is Cc1cc(C)n(CCNC(=O)CN2N=C(C(C)(C)C)Cn3c(cc4sccc43)C2=O)n1. The highest BCUT2D eigenvalue weighted by molar-refractivity contribution is 7.17. The highest BCUT2D eigenvalue weighted by Gasteiger charge is 2.31. The van der Waals surface area contributed by atoms with Crippen LogP contribution in [0.4, 0.5) is 0 Å². The van der Waals surface area contributed by atoms with Gasteiger partial charge in [-0.1, -0.05) is 20.8 Å². The molecular formula is C22H28N6O2S. The average Bonchev–Trinajstić information content (AvgIpc) is 3.32. The minimum atomic E-state index is -0.253. The Balaban J connectivity index is 1.51. The summed E-state index contributed by atoms with van der Waals surface area (Å²) in [6.07, 6.45) is 0. The molecule has 1 aliphatic rings. The predicted octanol–water partition coefficient (Wildman–Crippen LogP) is 3.19. The molecule has 2 amide bonds. The van der Waals surface area contributed by atoms with Crippen molar-refractivity contribution in [1.29, 1.82) is 0 Å². The van der Waals surface area contributed by atoms with Crippen molar-refractivity contribution in [3.63, 3.8) is 0 Å². The van der Waals surface area contributed by atoms with E-state index in [2.05, 4.69) is 36.3 Å². The number of hydrogen-bond acceptors (Lipinski definition) is 5. The number of hydrogen-bond donors (Lipinski definition) is 1. The number of carbonyl (C=O) groups is 2. The summed E-state index contributed by atoms with van der Waals surface area (Å²) in [5.41, 5.74) is 4.22. The molecule has 0 unspecified atom stereocenters. The molecule has 0 fully saturated rings. The summed E-state index contributed by atoms with van der Waals surface area (Å²) in [6, 6.07) is 5.93. The lowest BCUT2D eigenvalue weighted by atomic mass is 9.90. The van der Waals surface area contributed by atoms with Crippen LogP contribution < -0.4 is 5.32 Å². The van der Waals surface area contributed by atoms with Crippen molar-refractivity contribution >= 4 is 39.1 Å². The van der Waals surface area contributed by atoms with Crippen LogP contribution in [-0.4, -0.2) is 50.0 Å². The van der Waals surface area contributed by atoms with Gasteiger partial charge in [0.1, 0.15) is 12.2 Å². The van der Waals surface area contributed by atoms with Gasteiger partial charge in [-0.15, -0.1) is 11.3 Å². The molecule has 0 saturated carbocycles. The lowest BCUT2D eigenvalue weighted by Crippen LogP contribution is -2.39. The van der Waals surface area contributed by atoms with Crippen molar-refractivity contribution < 1.29 is 9.59 Å². The summed E-state index contributed by atoms with van der Waals surface area (Å²) < 4.78 is 4.94. The Hall–Kier alpha value is -2.94. The zero-order valence-corrected chi connectivity index (χ0v) is 19.4. The predicted molar refractivity (Wildman–Crippen MR) is 122 cm³/mol. The molecule has 0 saturated heterocycles. The largest absolute Gasteiger partial charge is 0.353 e. The molecule has 4 heterocycles. The number of amides is 2. The van der Waals surface area contributed by atoms with Crippen LogP contribution in [0.25, 0.3) is 10.2 Å². The number of aryl methyl sites for hydroxylation is 2. The Morgan fingerprint density at radius 2 is 2.03 bits per heavy atom. The van der Waals surface area contributed by atoms with Crippen LogP contribution in [0.15, 0.2) is 28.7 Å². The highest BCUT2D eigenvalue weighted by atomic mass is 32.1. The molecule has 3 aromatic rings. The minimum absolute atomic E-state index is 0.117. The second-order valence-electron chi connectivity index (χ2n) is 8.95. The van der Waals surface area contributed by atoms with Crippen LogP contribution in [0.5, 0.6) is 0 Å². The molecule has 4 rings (SSSR count). The van der Waals surface area contributed by atoms with Crippen LogP contribution in [0.2, 0.25) is 0 Å². The fourth-order valence-electron chi connectivity index (χ4n) is 3.72. The third kappa shape index (κ3) is 4.27. The molecule has 31 heavy (non-hydrogen) atoms. The van der Waals surface area contributed by atoms with E-state index in [0.717, 1.165) is 27.3 Å². The van der Waals surface area contributed by atoms with E-state index < -0.39 is 0 Å². The maximum Gasteiger partial charge on any atom is 0.291 e. The third-order valence-corrected chi connectivity index (χ3v) is 6.29. The molecule has 1 N–H and O–H groups in total. The van der Waals surface area contributed by atoms with Crippen molar-refractivity contribution in [3.8, 4) is 0 Å². The van der Waals surface area contributed by atoms with E-state index >= 15 is 0 Å². The standard InChI is InChI=1S/C22H28N6O2S/c1-14-10-15(2)27(24-14)8-7-23-20(29)13-28-21(30)17-11-18-16(6-9-31-18)26(17)12-19(25-28)22(3,4)5/h6,9-11H,7-8,12-13H2,1-5H3,(H,23,29). The first-order valence-electron chi connectivity index (χ1n) is 10.4. The topological polar surface area (TPSA) is 84.5 Å². The molecule has 1 aliphatic heterocycles. The summed E-state index contributed by atoms with van der Waals surface area (Å²) in [4.78, 5) is 25.9. The zero-order chi connectivity index (χ0) is 22.3. The lowest BCUT2D eigenvalue weighted by Gasteiger charge is -2.23. The van der Waals surface area contributed by atoms with E-state index in [-0.39, 0.29) is 23.8 Å². The van der Waals surface area contributed by atoms with E-state index in [1.54, 1.807) is 11.3 Å². The number of aromatic nitrogens is 3. The van der Waals surface area contributed by atoms with Crippen molar-refractivity contribution in [2.24, 2.45) is 10.5 Å². The summed E-state index contributed by atoms with van der Waals surface area (Å²) >= 11 is 1.61. The van der Waals surface area contributed by atoms with Gasteiger partial charge in [-0.25, -0.2) is 5.01 Å². The van der Waals surface area contributed by atoms with Gasteiger partial charge in [-0.2, -0.15) is 10.2 Å². The van der Waals surface area contributed by atoms with Gasteiger partial charge in [0.15, 0.2) is 0 Å². The van der Waals surface area contributed by atoms with Crippen LogP contribution >= 0.6 is 11.3 Å². The number of fused-ring (bicyclic) bond motifs is 3. The Morgan fingerprint density at radius 1 is 1.26 bits per heavy atom. The fourth-order valence-corrected chi connectivity index (χ4v) is 4.54. The number of rotatable bonds is 5. The van der Waals surface area contributed by atoms with Crippen LogP contribution in [-0.2, 0) is 17.9 Å². The van der Waals surface area contributed by atoms with Gasteiger partial charge in [-0.3, -0.25) is 14.3 Å². The first-order chi connectivity index (χ1) is 14.6. The summed E-state index contributed by atoms with van der Waals surface area (Å²) in [5.74, 6) is -0.495. The van der Waals surface area contributed by atoms with Crippen molar-refractivity contribution in [2.75, 3.05) is 13.1 Å². The van der Waals surface area contributed by atoms with E-state index in [9.17, 15) is 9.59 Å². The number of nitrogens with zero attached hydrogens (tertiary/aromatic N) is 5. The second kappa shape index (κ2) is 7.96. The number of hydrazone groups is 1. The van der Waals surface area contributed by atoms with Crippen LogP contribution in [0, 0.1) is 19.3 Å². The monoisotopic (exact) mass is 440 g/mol. The number of carbonyl (C=O) groups excluding carboxylic acids is 2. The average molecular weight is 441 g/mol. The van der Waals surface area contributed by atoms with Crippen LogP contribution in [0.1, 0.15) is 42.6 Å². The molecule has 0 spiro atoms. The molecule has 0 aliphatic carbocycles. The molecular weight excluding hydrogens is 412 g/mol. The van der Waals surface area contributed by atoms with Crippen LogP contribution in [0.3, 0.4) is 0 Å². The quantitative estimate of drug-likeness (QED) is 0.661. The Labute approximate surface area is 185 Å². The van der Waals surface area contributed by atoms with Gasteiger partial charge in [-0.05, 0) is 37.4 Å². The smallest absolute Gasteiger partial charge is 0.291 e. The van der Waals surface area contributed by atoms with Gasteiger partial charge in [0.25, 0.3) is 5.91 Å². The lowest BCUT2D eigenvalue weighted by molar-refractivity contribution is -0.121. The molecule has 164 valence electrons. The first kappa shape index (κ1) is 21.3. The Kier molecular flexibility index (Phi) is 5.47. The van der Waals surface area contributed by atoms with Gasteiger partial charge in [0.2, 0.25) is 5.91 Å². The Bertz CT molecular complexity index is 1180. The molecule has 0 radical (unpaired) electrons. The van der Waals surface area contributed by atoms with Crippen molar-refractivity contribution in [1.82, 2.24) is 24.7 Å². The maximum atomic E-state index is 13.3. The van der Waals surface area contributed by atoms with Gasteiger partial charge >= 0.3 is 0 Å². The molecule has 0 aromatic carbocycles. The van der Waals surface area contributed by atoms with Gasteiger partial charge in [0.05, 0.1) is 34.7 Å². The van der Waals surface area contributed by atoms with Crippen molar-refractivity contribution in [2.45, 2.75) is 47.7 Å². The first-order valence-corrected chi connectivity index (χ1v) is 11.3. The zero-order valence-electron chi connectivity index (χ0n) is 18.6. The van der Waals surface area contributed by atoms with Gasteiger partial charge in [0, 0.05) is 17.7 Å². The third-order valence-electron chi connectivity index (χ3n) is 5.43. The molecule has 3 aromatic heterocycles. The summed E-state index contributed by atoms with van der Waals surface area (Å²) in [6.45, 7) is 11.6. The van der Waals surface area contributed by atoms with E-state index in [4.69, 9.17) is 0 Å². The molecule has 9 heteroatoms. The normalized spacial score (nSPS) is 14.5.